The van der Waals surface area contributed by atoms with Crippen molar-refractivity contribution in [3.63, 3.8) is 0 Å². The molecule has 7 heteroatoms. The van der Waals surface area contributed by atoms with E-state index < -0.39 is 28.6 Å². The Labute approximate surface area is 150 Å². The van der Waals surface area contributed by atoms with Gasteiger partial charge in [0.15, 0.2) is 0 Å². The summed E-state index contributed by atoms with van der Waals surface area (Å²) in [6.07, 6.45) is 0.335. The topological polar surface area (TPSA) is 15.3 Å². The summed E-state index contributed by atoms with van der Waals surface area (Å²) in [6.45, 7) is 6.47. The maximum absolute atomic E-state index is 14.6. The summed E-state index contributed by atoms with van der Waals surface area (Å²) in [6, 6.07) is 1.17. The smallest absolute Gasteiger partial charge is 0.314 e. The first-order valence-electron chi connectivity index (χ1n) is 8.46. The predicted molar refractivity (Wildman–Crippen MR) is 92.3 cm³/mol. The highest BCUT2D eigenvalue weighted by molar-refractivity contribution is 6.30. The van der Waals surface area contributed by atoms with Gasteiger partial charge >= 0.3 is 6.18 Å². The number of hydrogen-bond acceptors (Lipinski definition) is 2. The van der Waals surface area contributed by atoms with Crippen LogP contribution in [0, 0.1) is 5.82 Å². The van der Waals surface area contributed by atoms with Crippen molar-refractivity contribution < 1.29 is 17.6 Å². The summed E-state index contributed by atoms with van der Waals surface area (Å²) < 4.78 is 54.0. The third-order valence-electron chi connectivity index (χ3n) is 4.47. The molecule has 1 aromatic rings. The van der Waals surface area contributed by atoms with E-state index in [1.165, 1.54) is 0 Å². The van der Waals surface area contributed by atoms with Gasteiger partial charge in [0.1, 0.15) is 5.82 Å². The highest BCUT2D eigenvalue weighted by Gasteiger charge is 2.34. The Balaban J connectivity index is 2.34. The maximum atomic E-state index is 14.6. The molecule has 1 atom stereocenters. The largest absolute Gasteiger partial charge is 0.416 e. The van der Waals surface area contributed by atoms with E-state index in [4.69, 9.17) is 11.6 Å². The second-order valence-corrected chi connectivity index (χ2v) is 6.64. The maximum Gasteiger partial charge on any atom is 0.416 e. The summed E-state index contributed by atoms with van der Waals surface area (Å²) in [5.74, 6) is -0.748. The monoisotopic (exact) mass is 378 g/mol. The first kappa shape index (κ1) is 20.2. The van der Waals surface area contributed by atoms with E-state index in [1.54, 1.807) is 0 Å². The quantitative estimate of drug-likeness (QED) is 0.399. The number of alkyl halides is 3. The minimum atomic E-state index is -4.55. The summed E-state index contributed by atoms with van der Waals surface area (Å²) in [5.41, 5.74) is -0.861. The second-order valence-electron chi connectivity index (χ2n) is 6.23. The van der Waals surface area contributed by atoms with Gasteiger partial charge in [0.2, 0.25) is 0 Å². The van der Waals surface area contributed by atoms with Gasteiger partial charge in [-0.25, -0.2) is 4.39 Å². The highest BCUT2D eigenvalue weighted by atomic mass is 35.5. The molecule has 2 rings (SSSR count). The van der Waals surface area contributed by atoms with Crippen LogP contribution in [0.2, 0.25) is 5.02 Å². The number of nitrogens with zero attached hydrogens (tertiary/aromatic N) is 1. The van der Waals surface area contributed by atoms with Gasteiger partial charge in [-0.2, -0.15) is 13.2 Å². The fraction of sp³-hybridized carbons (Fsp3) is 0.556. The lowest BCUT2D eigenvalue weighted by molar-refractivity contribution is -0.137. The first-order chi connectivity index (χ1) is 11.8. The summed E-state index contributed by atoms with van der Waals surface area (Å²) >= 11 is 5.77. The molecule has 0 bridgehead atoms. The summed E-state index contributed by atoms with van der Waals surface area (Å²) in [5, 5.41) is 2.73. The van der Waals surface area contributed by atoms with Crippen LogP contribution in [0.15, 0.2) is 24.8 Å². The zero-order valence-corrected chi connectivity index (χ0v) is 14.8. The average molecular weight is 379 g/mol. The van der Waals surface area contributed by atoms with E-state index >= 15 is 0 Å². The molecule has 140 valence electrons. The van der Waals surface area contributed by atoms with Crippen LogP contribution >= 0.6 is 11.6 Å². The number of benzene rings is 1. The van der Waals surface area contributed by atoms with Gasteiger partial charge in [0, 0.05) is 37.8 Å². The van der Waals surface area contributed by atoms with Crippen molar-refractivity contribution in [1.29, 1.82) is 0 Å². The van der Waals surface area contributed by atoms with E-state index in [2.05, 4.69) is 11.9 Å². The average Bonchev–Trinajstić information content (AvgIpc) is 2.58. The van der Waals surface area contributed by atoms with Crippen molar-refractivity contribution in [2.45, 2.75) is 37.9 Å². The molecular formula is C18H23ClF4N2. The Bertz CT molecular complexity index is 583. The third-order valence-corrected chi connectivity index (χ3v) is 4.75. The Morgan fingerprint density at radius 3 is 2.52 bits per heavy atom. The van der Waals surface area contributed by atoms with Gasteiger partial charge in [-0.3, -0.25) is 4.90 Å². The van der Waals surface area contributed by atoms with Gasteiger partial charge in [-0.1, -0.05) is 24.1 Å². The molecule has 0 aliphatic carbocycles. The Morgan fingerprint density at radius 2 is 1.92 bits per heavy atom. The van der Waals surface area contributed by atoms with Gasteiger partial charge in [-0.15, -0.1) is 6.58 Å². The van der Waals surface area contributed by atoms with Crippen molar-refractivity contribution in [2.24, 2.45) is 0 Å². The molecule has 1 heterocycles. The van der Waals surface area contributed by atoms with E-state index in [9.17, 15) is 17.6 Å². The predicted octanol–water partition coefficient (Wildman–Crippen LogP) is 5.19. The number of unbranched alkanes of at least 4 members (excludes halogenated alkanes) is 2. The number of rotatable bonds is 7. The number of halogens is 5. The molecule has 0 unspecified atom stereocenters. The van der Waals surface area contributed by atoms with Crippen LogP contribution in [0.4, 0.5) is 17.6 Å². The molecule has 1 N–H and O–H groups in total. The lowest BCUT2D eigenvalue weighted by Gasteiger charge is -2.36. The van der Waals surface area contributed by atoms with Gasteiger partial charge < -0.3 is 5.32 Å². The first-order valence-corrected chi connectivity index (χ1v) is 8.84. The molecule has 2 nitrogen and oxygen atoms in total. The third kappa shape index (κ3) is 5.43. The molecule has 1 aliphatic heterocycles. The van der Waals surface area contributed by atoms with Crippen LogP contribution < -0.4 is 5.32 Å². The Morgan fingerprint density at radius 1 is 1.24 bits per heavy atom. The minimum Gasteiger partial charge on any atom is -0.314 e. The molecule has 1 saturated heterocycles. The molecule has 0 amide bonds. The molecule has 1 fully saturated rings. The normalized spacial score (nSPS) is 17.5. The standard InChI is InChI=1S/C18H23ClF4N2/c1-2-3-4-5-6-16(25-9-7-24-8-10-25)14-11-13(18(21,22)23)12-15(19)17(14)20/h2,11-12,16,24H,1,3-10H2/t16-/m0/s1. The summed E-state index contributed by atoms with van der Waals surface area (Å²) in [7, 11) is 0. The van der Waals surface area contributed by atoms with E-state index in [0.717, 1.165) is 38.4 Å². The van der Waals surface area contributed by atoms with Crippen LogP contribution in [0.5, 0.6) is 0 Å². The van der Waals surface area contributed by atoms with Crippen LogP contribution in [0.25, 0.3) is 0 Å². The molecule has 1 aromatic carbocycles. The number of allylic oxidation sites excluding steroid dienone is 1. The number of piperazine rings is 1. The zero-order valence-electron chi connectivity index (χ0n) is 14.0. The number of hydrogen-bond donors (Lipinski definition) is 1. The Kier molecular flexibility index (Phi) is 7.28. The Hall–Kier alpha value is -1.11. The van der Waals surface area contributed by atoms with Crippen LogP contribution in [-0.2, 0) is 6.18 Å². The fourth-order valence-electron chi connectivity index (χ4n) is 3.17. The van der Waals surface area contributed by atoms with Crippen LogP contribution in [0.1, 0.15) is 42.9 Å². The molecule has 1 aliphatic rings. The van der Waals surface area contributed by atoms with E-state index in [1.807, 2.05) is 11.0 Å². The van der Waals surface area contributed by atoms with Crippen LogP contribution in [0.3, 0.4) is 0 Å². The lowest BCUT2D eigenvalue weighted by Crippen LogP contribution is -2.45. The minimum absolute atomic E-state index is 0.0420. The lowest BCUT2D eigenvalue weighted by atomic mass is 9.95. The van der Waals surface area contributed by atoms with Gasteiger partial charge in [-0.05, 0) is 31.4 Å². The van der Waals surface area contributed by atoms with Crippen molar-refractivity contribution in [3.8, 4) is 0 Å². The highest BCUT2D eigenvalue weighted by Crippen LogP contribution is 2.38. The van der Waals surface area contributed by atoms with E-state index in [-0.39, 0.29) is 5.56 Å². The van der Waals surface area contributed by atoms with Crippen LogP contribution in [-0.4, -0.2) is 31.1 Å². The molecule has 0 aromatic heterocycles. The molecule has 0 saturated carbocycles. The zero-order chi connectivity index (χ0) is 18.4. The fourth-order valence-corrected chi connectivity index (χ4v) is 3.40. The molecule has 0 spiro atoms. The molecule has 25 heavy (non-hydrogen) atoms. The van der Waals surface area contributed by atoms with Gasteiger partial charge in [0.25, 0.3) is 0 Å². The molecule has 0 radical (unpaired) electrons. The second kappa shape index (κ2) is 9.01. The van der Waals surface area contributed by atoms with Crippen molar-refractivity contribution >= 4 is 11.6 Å². The molecular weight excluding hydrogens is 356 g/mol. The van der Waals surface area contributed by atoms with E-state index in [0.29, 0.717) is 25.6 Å². The van der Waals surface area contributed by atoms with Gasteiger partial charge in [0.05, 0.1) is 10.6 Å². The SMILES string of the molecule is C=CCCCC[C@@H](c1cc(C(F)(F)F)cc(Cl)c1F)N1CCNCC1. The van der Waals surface area contributed by atoms with Crippen molar-refractivity contribution in [2.75, 3.05) is 26.2 Å². The summed E-state index contributed by atoms with van der Waals surface area (Å²) in [4.78, 5) is 2.04. The van der Waals surface area contributed by atoms with Crippen molar-refractivity contribution in [1.82, 2.24) is 10.2 Å². The number of nitrogens with one attached hydrogen (secondary N) is 1. The van der Waals surface area contributed by atoms with Crippen molar-refractivity contribution in [3.05, 3.63) is 46.8 Å².